The maximum absolute atomic E-state index is 14.9. The van der Waals surface area contributed by atoms with E-state index in [0.717, 1.165) is 29.7 Å². The fourth-order valence-electron chi connectivity index (χ4n) is 3.50. The minimum atomic E-state index is -0.360. The van der Waals surface area contributed by atoms with E-state index in [4.69, 9.17) is 4.74 Å². The van der Waals surface area contributed by atoms with Gasteiger partial charge >= 0.3 is 0 Å². The highest BCUT2D eigenvalue weighted by Crippen LogP contribution is 2.32. The molecule has 144 valence electrons. The molecule has 0 N–H and O–H groups in total. The molecular weight excluding hydrogens is 346 g/mol. The monoisotopic (exact) mass is 372 g/mol. The fraction of sp³-hybridized carbons (Fsp3) is 0.409. The molecule has 0 aliphatic heterocycles. The summed E-state index contributed by atoms with van der Waals surface area (Å²) in [6.45, 7) is 8.56. The van der Waals surface area contributed by atoms with Crippen LogP contribution in [0.1, 0.15) is 43.5 Å². The molecule has 0 amide bonds. The highest BCUT2D eigenvalue weighted by molar-refractivity contribution is 5.70. The Balaban J connectivity index is 2.17. The molecule has 3 nitrogen and oxygen atoms in total. The summed E-state index contributed by atoms with van der Waals surface area (Å²) in [5.74, 6) is -0.666. The summed E-state index contributed by atoms with van der Waals surface area (Å²) in [6.07, 6.45) is 4.02. The standard InChI is InChI=1S/C22H26F2N2O/c1-5-9-27-17(6-2)13-19-22(21-15(4)10-14(3)11-18(21)24)25-20-12-16(23)7-8-26(19)20/h7-8,10-12,17H,5-6,9,13H2,1-4H3. The van der Waals surface area contributed by atoms with E-state index in [1.165, 1.54) is 18.2 Å². The summed E-state index contributed by atoms with van der Waals surface area (Å²) >= 11 is 0. The molecule has 0 bridgehead atoms. The van der Waals surface area contributed by atoms with Crippen molar-refractivity contribution in [1.82, 2.24) is 9.38 Å². The molecule has 0 radical (unpaired) electrons. The lowest BCUT2D eigenvalue weighted by Gasteiger charge is -2.17. The Bertz CT molecular complexity index is 926. The number of hydrogen-bond donors (Lipinski definition) is 0. The number of fused-ring (bicyclic) bond motifs is 1. The van der Waals surface area contributed by atoms with Crippen LogP contribution in [0.2, 0.25) is 0 Å². The first kappa shape index (κ1) is 19.5. The van der Waals surface area contributed by atoms with Gasteiger partial charge in [0.25, 0.3) is 0 Å². The Hall–Kier alpha value is -2.27. The molecule has 0 saturated carbocycles. The number of aromatic nitrogens is 2. The smallest absolute Gasteiger partial charge is 0.140 e. The second kappa shape index (κ2) is 8.17. The predicted octanol–water partition coefficient (Wildman–Crippen LogP) is 5.64. The van der Waals surface area contributed by atoms with Gasteiger partial charge in [0.15, 0.2) is 0 Å². The van der Waals surface area contributed by atoms with Crippen LogP contribution in [0, 0.1) is 25.5 Å². The van der Waals surface area contributed by atoms with Gasteiger partial charge in [-0.2, -0.15) is 0 Å². The van der Waals surface area contributed by atoms with Gasteiger partial charge in [0.1, 0.15) is 17.3 Å². The van der Waals surface area contributed by atoms with E-state index < -0.39 is 0 Å². The second-order valence-electron chi connectivity index (χ2n) is 7.02. The van der Waals surface area contributed by atoms with E-state index in [1.54, 1.807) is 6.20 Å². The van der Waals surface area contributed by atoms with Gasteiger partial charge in [0.05, 0.1) is 17.5 Å². The summed E-state index contributed by atoms with van der Waals surface area (Å²) in [5, 5.41) is 0. The van der Waals surface area contributed by atoms with Gasteiger partial charge in [0, 0.05) is 30.9 Å². The van der Waals surface area contributed by atoms with Crippen LogP contribution in [0.3, 0.4) is 0 Å². The van der Waals surface area contributed by atoms with Gasteiger partial charge < -0.3 is 9.14 Å². The van der Waals surface area contributed by atoms with Gasteiger partial charge in [-0.3, -0.25) is 0 Å². The molecule has 0 aliphatic rings. The fourth-order valence-corrected chi connectivity index (χ4v) is 3.50. The second-order valence-corrected chi connectivity index (χ2v) is 7.02. The molecule has 5 heteroatoms. The molecule has 1 atom stereocenters. The van der Waals surface area contributed by atoms with E-state index in [1.807, 2.05) is 24.3 Å². The first-order valence-corrected chi connectivity index (χ1v) is 9.49. The van der Waals surface area contributed by atoms with Crippen molar-refractivity contribution in [3.05, 3.63) is 58.9 Å². The van der Waals surface area contributed by atoms with Crippen molar-refractivity contribution in [2.75, 3.05) is 6.61 Å². The quantitative estimate of drug-likeness (QED) is 0.536. The Morgan fingerprint density at radius 3 is 2.59 bits per heavy atom. The minimum absolute atomic E-state index is 0.00229. The summed E-state index contributed by atoms with van der Waals surface area (Å²) in [4.78, 5) is 4.59. The largest absolute Gasteiger partial charge is 0.378 e. The van der Waals surface area contributed by atoms with E-state index in [2.05, 4.69) is 18.8 Å². The van der Waals surface area contributed by atoms with Gasteiger partial charge in [0.2, 0.25) is 0 Å². The first-order valence-electron chi connectivity index (χ1n) is 9.49. The molecule has 27 heavy (non-hydrogen) atoms. The molecule has 0 fully saturated rings. The lowest BCUT2D eigenvalue weighted by Crippen LogP contribution is -2.17. The maximum Gasteiger partial charge on any atom is 0.140 e. The molecule has 0 saturated heterocycles. The van der Waals surface area contributed by atoms with Gasteiger partial charge in [-0.15, -0.1) is 0 Å². The summed E-state index contributed by atoms with van der Waals surface area (Å²) in [7, 11) is 0. The van der Waals surface area contributed by atoms with Crippen LogP contribution < -0.4 is 0 Å². The van der Waals surface area contributed by atoms with Crippen LogP contribution in [-0.4, -0.2) is 22.1 Å². The molecule has 0 spiro atoms. The zero-order valence-corrected chi connectivity index (χ0v) is 16.4. The number of rotatable bonds is 7. The average Bonchev–Trinajstić information content (AvgIpc) is 2.94. The van der Waals surface area contributed by atoms with Crippen molar-refractivity contribution in [1.29, 1.82) is 0 Å². The molecule has 2 aromatic heterocycles. The summed E-state index contributed by atoms with van der Waals surface area (Å²) in [6, 6.07) is 6.23. The normalized spacial score (nSPS) is 12.7. The lowest BCUT2D eigenvalue weighted by atomic mass is 9.99. The zero-order valence-electron chi connectivity index (χ0n) is 16.4. The minimum Gasteiger partial charge on any atom is -0.378 e. The third-order valence-electron chi connectivity index (χ3n) is 4.79. The van der Waals surface area contributed by atoms with E-state index in [9.17, 15) is 8.78 Å². The van der Waals surface area contributed by atoms with E-state index in [0.29, 0.717) is 29.9 Å². The first-order chi connectivity index (χ1) is 12.9. The SMILES string of the molecule is CCCOC(CC)Cc1c(-c2c(C)cc(C)cc2F)nc2cc(F)ccn12. The third kappa shape index (κ3) is 4.03. The maximum atomic E-state index is 14.9. The topological polar surface area (TPSA) is 26.5 Å². The van der Waals surface area contributed by atoms with Gasteiger partial charge in [-0.25, -0.2) is 13.8 Å². The Labute approximate surface area is 159 Å². The van der Waals surface area contributed by atoms with Crippen LogP contribution in [-0.2, 0) is 11.2 Å². The number of nitrogens with zero attached hydrogens (tertiary/aromatic N) is 2. The van der Waals surface area contributed by atoms with Crippen molar-refractivity contribution >= 4 is 5.65 Å². The average molecular weight is 372 g/mol. The number of benzene rings is 1. The molecule has 0 aliphatic carbocycles. The van der Waals surface area contributed by atoms with E-state index in [-0.39, 0.29) is 17.7 Å². The number of halogens is 2. The van der Waals surface area contributed by atoms with Crippen LogP contribution in [0.5, 0.6) is 0 Å². The van der Waals surface area contributed by atoms with Gasteiger partial charge in [-0.1, -0.05) is 19.9 Å². The van der Waals surface area contributed by atoms with Crippen LogP contribution in [0.15, 0.2) is 30.5 Å². The number of aryl methyl sites for hydroxylation is 2. The Kier molecular flexibility index (Phi) is 5.90. The molecule has 2 heterocycles. The van der Waals surface area contributed by atoms with Crippen LogP contribution in [0.25, 0.3) is 16.9 Å². The molecule has 3 rings (SSSR count). The number of imidazole rings is 1. The summed E-state index contributed by atoms with van der Waals surface area (Å²) < 4.78 is 36.4. The van der Waals surface area contributed by atoms with Crippen LogP contribution >= 0.6 is 0 Å². The number of hydrogen-bond acceptors (Lipinski definition) is 2. The number of ether oxygens (including phenoxy) is 1. The molecule has 1 unspecified atom stereocenters. The van der Waals surface area contributed by atoms with Crippen molar-refractivity contribution in [3.63, 3.8) is 0 Å². The van der Waals surface area contributed by atoms with Crippen LogP contribution in [0.4, 0.5) is 8.78 Å². The van der Waals surface area contributed by atoms with Crippen molar-refractivity contribution < 1.29 is 13.5 Å². The molecule has 3 aromatic rings. The van der Waals surface area contributed by atoms with E-state index >= 15 is 0 Å². The number of pyridine rings is 1. The zero-order chi connectivity index (χ0) is 19.6. The van der Waals surface area contributed by atoms with Crippen molar-refractivity contribution in [3.8, 4) is 11.3 Å². The Morgan fingerprint density at radius 2 is 1.93 bits per heavy atom. The Morgan fingerprint density at radius 1 is 1.15 bits per heavy atom. The van der Waals surface area contributed by atoms with Crippen molar-refractivity contribution in [2.24, 2.45) is 0 Å². The van der Waals surface area contributed by atoms with Gasteiger partial charge in [-0.05, 0) is 49.9 Å². The van der Waals surface area contributed by atoms with Crippen molar-refractivity contribution in [2.45, 2.75) is 53.1 Å². The third-order valence-corrected chi connectivity index (χ3v) is 4.79. The highest BCUT2D eigenvalue weighted by atomic mass is 19.1. The lowest BCUT2D eigenvalue weighted by molar-refractivity contribution is 0.0508. The summed E-state index contributed by atoms with van der Waals surface area (Å²) in [5.41, 5.74) is 4.05. The molecule has 1 aromatic carbocycles. The highest BCUT2D eigenvalue weighted by Gasteiger charge is 2.22. The molecular formula is C22H26F2N2O. The predicted molar refractivity (Wildman–Crippen MR) is 104 cm³/mol.